The monoisotopic (exact) mass is 333 g/mol. The molecule has 0 saturated heterocycles. The molecule has 1 heterocycles. The van der Waals surface area contributed by atoms with Gasteiger partial charge < -0.3 is 10.6 Å². The number of anilines is 1. The zero-order valence-corrected chi connectivity index (χ0v) is 13.3. The number of rotatable bonds is 6. The van der Waals surface area contributed by atoms with Gasteiger partial charge in [-0.15, -0.1) is 0 Å². The zero-order chi connectivity index (χ0) is 16.4. The van der Waals surface area contributed by atoms with Gasteiger partial charge in [0.1, 0.15) is 11.6 Å². The Morgan fingerprint density at radius 1 is 1.39 bits per heavy atom. The van der Waals surface area contributed by atoms with Crippen molar-refractivity contribution in [2.75, 3.05) is 11.4 Å². The lowest BCUT2D eigenvalue weighted by Crippen LogP contribution is -2.29. The molecule has 1 aromatic carbocycles. The molecule has 4 nitrogen and oxygen atoms in total. The fraction of sp³-hybridized carbons (Fsp3) is 0.294. The van der Waals surface area contributed by atoms with Crippen molar-refractivity contribution < 1.29 is 9.18 Å². The summed E-state index contributed by atoms with van der Waals surface area (Å²) in [6, 6.07) is 8.52. The van der Waals surface area contributed by atoms with E-state index >= 15 is 0 Å². The number of amides is 1. The fourth-order valence-electron chi connectivity index (χ4n) is 2.57. The Morgan fingerprint density at radius 2 is 2.17 bits per heavy atom. The molecule has 0 atom stereocenters. The largest absolute Gasteiger partial charge is 0.366 e. The molecule has 1 aromatic heterocycles. The van der Waals surface area contributed by atoms with E-state index in [2.05, 4.69) is 9.88 Å². The molecule has 2 N–H and O–H groups in total. The quantitative estimate of drug-likeness (QED) is 0.883. The lowest BCUT2D eigenvalue weighted by molar-refractivity contribution is 0.1000. The second-order valence-corrected chi connectivity index (χ2v) is 6.11. The maximum atomic E-state index is 13.3. The van der Waals surface area contributed by atoms with Crippen LogP contribution in [0, 0.1) is 5.82 Å². The Balaban J connectivity index is 1.78. The predicted octanol–water partition coefficient (Wildman–Crippen LogP) is 3.18. The van der Waals surface area contributed by atoms with Crippen LogP contribution in [0.1, 0.15) is 28.8 Å². The highest BCUT2D eigenvalue weighted by atomic mass is 35.5. The molecule has 1 aliphatic carbocycles. The van der Waals surface area contributed by atoms with E-state index in [1.54, 1.807) is 12.1 Å². The van der Waals surface area contributed by atoms with E-state index < -0.39 is 5.91 Å². The van der Waals surface area contributed by atoms with Gasteiger partial charge in [-0.1, -0.05) is 23.7 Å². The topological polar surface area (TPSA) is 59.2 Å². The average Bonchev–Trinajstić information content (AvgIpc) is 3.33. The standard InChI is InChI=1S/C17H17ClFN3O/c18-15-9-12(16(20)23)10-21-17(15)22(14-4-5-14)7-6-11-2-1-3-13(19)8-11/h1-3,8-10,14H,4-7H2,(H2,20,23). The van der Waals surface area contributed by atoms with Crippen LogP contribution in [-0.2, 0) is 6.42 Å². The number of carbonyl (C=O) groups is 1. The van der Waals surface area contributed by atoms with E-state index in [0.717, 1.165) is 18.4 Å². The molecule has 0 aliphatic heterocycles. The van der Waals surface area contributed by atoms with Crippen LogP contribution >= 0.6 is 11.6 Å². The van der Waals surface area contributed by atoms with Crippen LogP contribution in [0.25, 0.3) is 0 Å². The highest BCUT2D eigenvalue weighted by molar-refractivity contribution is 6.33. The summed E-state index contributed by atoms with van der Waals surface area (Å²) in [7, 11) is 0. The summed E-state index contributed by atoms with van der Waals surface area (Å²) >= 11 is 6.28. The van der Waals surface area contributed by atoms with E-state index in [4.69, 9.17) is 17.3 Å². The van der Waals surface area contributed by atoms with E-state index in [1.807, 2.05) is 6.07 Å². The summed E-state index contributed by atoms with van der Waals surface area (Å²) in [4.78, 5) is 17.6. The number of nitrogens with zero attached hydrogens (tertiary/aromatic N) is 2. The summed E-state index contributed by atoms with van der Waals surface area (Å²) in [5.74, 6) is -0.137. The number of carbonyl (C=O) groups excluding carboxylic acids is 1. The third-order valence-electron chi connectivity index (χ3n) is 3.90. The van der Waals surface area contributed by atoms with E-state index in [1.165, 1.54) is 18.3 Å². The molecule has 3 rings (SSSR count). The minimum Gasteiger partial charge on any atom is -0.366 e. The highest BCUT2D eigenvalue weighted by Crippen LogP contribution is 2.34. The predicted molar refractivity (Wildman–Crippen MR) is 88.2 cm³/mol. The molecule has 0 unspecified atom stereocenters. The number of hydrogen-bond acceptors (Lipinski definition) is 3. The van der Waals surface area contributed by atoms with E-state index in [9.17, 15) is 9.18 Å². The normalized spacial score (nSPS) is 13.8. The molecule has 6 heteroatoms. The Kier molecular flexibility index (Phi) is 4.48. The van der Waals surface area contributed by atoms with Crippen molar-refractivity contribution in [3.05, 3.63) is 58.5 Å². The molecular weight excluding hydrogens is 317 g/mol. The van der Waals surface area contributed by atoms with Gasteiger partial charge >= 0.3 is 0 Å². The zero-order valence-electron chi connectivity index (χ0n) is 12.5. The molecule has 0 radical (unpaired) electrons. The van der Waals surface area contributed by atoms with Crippen LogP contribution in [0.3, 0.4) is 0 Å². The van der Waals surface area contributed by atoms with Gasteiger partial charge in [0.2, 0.25) is 5.91 Å². The first-order valence-corrected chi connectivity index (χ1v) is 7.89. The first-order valence-electron chi connectivity index (χ1n) is 7.51. The minimum atomic E-state index is -0.552. The Morgan fingerprint density at radius 3 is 2.78 bits per heavy atom. The molecule has 2 aromatic rings. The van der Waals surface area contributed by atoms with Crippen LogP contribution in [0.4, 0.5) is 10.2 Å². The Hall–Kier alpha value is -2.14. The molecular formula is C17H17ClFN3O. The molecule has 0 bridgehead atoms. The van der Waals surface area contributed by atoms with Crippen molar-refractivity contribution in [3.8, 4) is 0 Å². The van der Waals surface area contributed by atoms with Gasteiger partial charge in [-0.3, -0.25) is 4.79 Å². The second-order valence-electron chi connectivity index (χ2n) is 5.70. The van der Waals surface area contributed by atoms with Gasteiger partial charge in [-0.2, -0.15) is 0 Å². The lowest BCUT2D eigenvalue weighted by atomic mass is 10.1. The molecule has 120 valence electrons. The maximum absolute atomic E-state index is 13.3. The molecule has 23 heavy (non-hydrogen) atoms. The van der Waals surface area contributed by atoms with Gasteiger partial charge in [0.05, 0.1) is 10.6 Å². The summed E-state index contributed by atoms with van der Waals surface area (Å²) in [6.45, 7) is 0.691. The van der Waals surface area contributed by atoms with E-state index in [-0.39, 0.29) is 5.82 Å². The minimum absolute atomic E-state index is 0.234. The number of aromatic nitrogens is 1. The first kappa shape index (κ1) is 15.7. The molecule has 0 spiro atoms. The van der Waals surface area contributed by atoms with Crippen LogP contribution < -0.4 is 10.6 Å². The van der Waals surface area contributed by atoms with E-state index in [0.29, 0.717) is 35.4 Å². The van der Waals surface area contributed by atoms with Crippen molar-refractivity contribution in [2.24, 2.45) is 5.73 Å². The summed E-state index contributed by atoms with van der Waals surface area (Å²) in [5.41, 5.74) is 6.47. The smallest absolute Gasteiger partial charge is 0.250 e. The SMILES string of the molecule is NC(=O)c1cnc(N(CCc2cccc(F)c2)C2CC2)c(Cl)c1. The van der Waals surface area contributed by atoms with Gasteiger partial charge in [0.25, 0.3) is 0 Å². The van der Waals surface area contributed by atoms with Crippen molar-refractivity contribution in [2.45, 2.75) is 25.3 Å². The van der Waals surface area contributed by atoms with Crippen molar-refractivity contribution in [3.63, 3.8) is 0 Å². The maximum Gasteiger partial charge on any atom is 0.250 e. The summed E-state index contributed by atoms with van der Waals surface area (Å²) in [5, 5.41) is 0.410. The number of hydrogen-bond donors (Lipinski definition) is 1. The van der Waals surface area contributed by atoms with Gasteiger partial charge in [-0.25, -0.2) is 9.37 Å². The van der Waals surface area contributed by atoms with Gasteiger partial charge in [0.15, 0.2) is 0 Å². The van der Waals surface area contributed by atoms with Crippen LogP contribution in [0.2, 0.25) is 5.02 Å². The van der Waals surface area contributed by atoms with Crippen LogP contribution in [0.15, 0.2) is 36.5 Å². The number of benzene rings is 1. The molecule has 1 aliphatic rings. The van der Waals surface area contributed by atoms with Crippen molar-refractivity contribution in [1.82, 2.24) is 4.98 Å². The number of pyridine rings is 1. The van der Waals surface area contributed by atoms with Crippen molar-refractivity contribution in [1.29, 1.82) is 0 Å². The Bertz CT molecular complexity index is 734. The first-order chi connectivity index (χ1) is 11.0. The highest BCUT2D eigenvalue weighted by Gasteiger charge is 2.31. The number of nitrogens with two attached hydrogens (primary N) is 1. The van der Waals surface area contributed by atoms with Crippen molar-refractivity contribution >= 4 is 23.3 Å². The average molecular weight is 334 g/mol. The summed E-state index contributed by atoms with van der Waals surface area (Å²) < 4.78 is 13.3. The second kappa shape index (κ2) is 6.54. The molecule has 1 amide bonds. The van der Waals surface area contributed by atoms with Crippen LogP contribution in [-0.4, -0.2) is 23.5 Å². The number of primary amides is 1. The lowest BCUT2D eigenvalue weighted by Gasteiger charge is -2.24. The Labute approximate surface area is 139 Å². The summed E-state index contributed by atoms with van der Waals surface area (Å²) in [6.07, 6.45) is 4.31. The number of halogens is 2. The third kappa shape index (κ3) is 3.79. The van der Waals surface area contributed by atoms with Gasteiger partial charge in [0, 0.05) is 18.8 Å². The third-order valence-corrected chi connectivity index (χ3v) is 4.17. The fourth-order valence-corrected chi connectivity index (χ4v) is 2.84. The molecule has 1 fully saturated rings. The molecule has 1 saturated carbocycles. The van der Waals surface area contributed by atoms with Crippen LogP contribution in [0.5, 0.6) is 0 Å². The van der Waals surface area contributed by atoms with Gasteiger partial charge in [-0.05, 0) is 43.0 Å².